The Morgan fingerprint density at radius 1 is 0.906 bits per heavy atom. The predicted molar refractivity (Wildman–Crippen MR) is 121 cm³/mol. The van der Waals surface area contributed by atoms with Crippen LogP contribution in [0.25, 0.3) is 0 Å². The van der Waals surface area contributed by atoms with Crippen LogP contribution in [0, 0.1) is 6.92 Å². The van der Waals surface area contributed by atoms with Crippen molar-refractivity contribution in [2.75, 3.05) is 23.6 Å². The number of anilines is 2. The lowest BCUT2D eigenvalue weighted by atomic mass is 10.2. The van der Waals surface area contributed by atoms with Crippen LogP contribution in [0.4, 0.5) is 11.5 Å². The Morgan fingerprint density at radius 3 is 2.12 bits per heavy atom. The van der Waals surface area contributed by atoms with Gasteiger partial charge in [0.1, 0.15) is 5.82 Å². The minimum Gasteiger partial charge on any atom is -0.325 e. The minimum atomic E-state index is -3.84. The van der Waals surface area contributed by atoms with Crippen molar-refractivity contribution in [1.82, 2.24) is 9.29 Å². The quantitative estimate of drug-likeness (QED) is 0.517. The van der Waals surface area contributed by atoms with Crippen molar-refractivity contribution in [3.8, 4) is 0 Å². The zero-order valence-corrected chi connectivity index (χ0v) is 19.0. The highest BCUT2D eigenvalue weighted by Crippen LogP contribution is 2.18. The number of benzene rings is 2. The third kappa shape index (κ3) is 5.69. The average Bonchev–Trinajstić information content (AvgIpc) is 2.74. The molecule has 0 saturated heterocycles. The van der Waals surface area contributed by atoms with Gasteiger partial charge in [-0.15, -0.1) is 0 Å². The number of amides is 1. The summed E-state index contributed by atoms with van der Waals surface area (Å²) in [6.07, 6.45) is 1.46. The Kier molecular flexibility index (Phi) is 6.92. The van der Waals surface area contributed by atoms with E-state index in [1.54, 1.807) is 24.3 Å². The number of hydrogen-bond acceptors (Lipinski definition) is 6. The van der Waals surface area contributed by atoms with Gasteiger partial charge in [0, 0.05) is 18.9 Å². The number of aryl methyl sites for hydroxylation is 1. The Bertz CT molecular complexity index is 1290. The molecule has 168 valence electrons. The number of hydrogen-bond donors (Lipinski definition) is 2. The molecule has 3 rings (SSSR count). The maximum atomic E-state index is 12.6. The van der Waals surface area contributed by atoms with Gasteiger partial charge in [-0.25, -0.2) is 21.8 Å². The molecular weight excluding hydrogens is 452 g/mol. The number of sulfonamides is 2. The molecule has 0 aliphatic carbocycles. The Hall–Kier alpha value is -3.28. The van der Waals surface area contributed by atoms with Crippen LogP contribution in [-0.4, -0.2) is 45.6 Å². The molecule has 0 aliphatic rings. The lowest BCUT2D eigenvalue weighted by molar-refractivity contribution is -0.116. The molecule has 2 N–H and O–H groups in total. The van der Waals surface area contributed by atoms with Crippen LogP contribution in [0.1, 0.15) is 5.56 Å². The molecule has 1 amide bonds. The van der Waals surface area contributed by atoms with Crippen LogP contribution < -0.4 is 10.0 Å². The van der Waals surface area contributed by atoms with Gasteiger partial charge in [-0.3, -0.25) is 9.52 Å². The first-order chi connectivity index (χ1) is 15.1. The first kappa shape index (κ1) is 23.4. The van der Waals surface area contributed by atoms with Crippen molar-refractivity contribution >= 4 is 37.5 Å². The maximum absolute atomic E-state index is 12.6. The van der Waals surface area contributed by atoms with E-state index in [0.29, 0.717) is 5.69 Å². The Balaban J connectivity index is 1.63. The first-order valence-corrected chi connectivity index (χ1v) is 12.4. The number of aromatic nitrogens is 1. The molecule has 32 heavy (non-hydrogen) atoms. The Labute approximate surface area is 187 Å². The Morgan fingerprint density at radius 2 is 1.53 bits per heavy atom. The number of rotatable bonds is 8. The number of pyridine rings is 1. The van der Waals surface area contributed by atoms with Gasteiger partial charge in [0.2, 0.25) is 15.9 Å². The zero-order chi connectivity index (χ0) is 23.4. The second-order valence-electron chi connectivity index (χ2n) is 6.97. The number of likely N-dealkylation sites (N-methyl/N-ethyl adjacent to an activating group) is 1. The second kappa shape index (κ2) is 9.47. The first-order valence-electron chi connectivity index (χ1n) is 9.45. The van der Waals surface area contributed by atoms with Gasteiger partial charge in [0.05, 0.1) is 16.3 Å². The van der Waals surface area contributed by atoms with Crippen LogP contribution in [0.5, 0.6) is 0 Å². The summed E-state index contributed by atoms with van der Waals surface area (Å²) in [5.74, 6) is -0.381. The number of carbonyl (C=O) groups is 1. The molecule has 0 unspecified atom stereocenters. The minimum absolute atomic E-state index is 0.0137. The average molecular weight is 475 g/mol. The summed E-state index contributed by atoms with van der Waals surface area (Å²) >= 11 is 0. The van der Waals surface area contributed by atoms with E-state index < -0.39 is 32.5 Å². The standard InChI is InChI=1S/C21H22N4O5S2/c1-16-6-10-19(11-7-16)32(29,30)25(2)15-21(26)23-17-8-12-18(13-9-17)31(27,28)24-20-5-3-4-14-22-20/h3-14H,15H2,1-2H3,(H,22,24)(H,23,26). The molecule has 0 saturated carbocycles. The van der Waals surface area contributed by atoms with E-state index in [1.165, 1.54) is 55.7 Å². The van der Waals surface area contributed by atoms with Crippen molar-refractivity contribution in [3.05, 3.63) is 78.5 Å². The molecule has 0 spiro atoms. The molecule has 3 aromatic rings. The zero-order valence-electron chi connectivity index (χ0n) is 17.4. The van der Waals surface area contributed by atoms with Gasteiger partial charge in [0.25, 0.3) is 10.0 Å². The van der Waals surface area contributed by atoms with Gasteiger partial charge >= 0.3 is 0 Å². The molecule has 0 aliphatic heterocycles. The molecule has 9 nitrogen and oxygen atoms in total. The van der Waals surface area contributed by atoms with Crippen LogP contribution >= 0.6 is 0 Å². The van der Waals surface area contributed by atoms with Gasteiger partial charge < -0.3 is 5.32 Å². The van der Waals surface area contributed by atoms with Gasteiger partial charge in [-0.1, -0.05) is 23.8 Å². The third-order valence-corrected chi connectivity index (χ3v) is 7.64. The largest absolute Gasteiger partial charge is 0.325 e. The fraction of sp³-hybridized carbons (Fsp3) is 0.143. The molecule has 11 heteroatoms. The molecule has 0 bridgehead atoms. The highest BCUT2D eigenvalue weighted by molar-refractivity contribution is 7.92. The topological polar surface area (TPSA) is 126 Å². The molecule has 1 aromatic heterocycles. The van der Waals surface area contributed by atoms with E-state index in [-0.39, 0.29) is 15.6 Å². The highest BCUT2D eigenvalue weighted by Gasteiger charge is 2.23. The summed E-state index contributed by atoms with van der Waals surface area (Å²) in [7, 11) is -6.35. The van der Waals surface area contributed by atoms with Crippen molar-refractivity contribution in [1.29, 1.82) is 0 Å². The van der Waals surface area contributed by atoms with Crippen molar-refractivity contribution in [3.63, 3.8) is 0 Å². The van der Waals surface area contributed by atoms with Crippen molar-refractivity contribution in [2.24, 2.45) is 0 Å². The normalized spacial score (nSPS) is 11.8. The molecule has 1 heterocycles. The van der Waals surface area contributed by atoms with E-state index >= 15 is 0 Å². The van der Waals surface area contributed by atoms with Crippen LogP contribution in [0.15, 0.2) is 82.7 Å². The van der Waals surface area contributed by atoms with Crippen LogP contribution in [0.2, 0.25) is 0 Å². The SMILES string of the molecule is Cc1ccc(S(=O)(=O)N(C)CC(=O)Nc2ccc(S(=O)(=O)Nc3ccccn3)cc2)cc1. The summed E-state index contributed by atoms with van der Waals surface area (Å²) in [5.41, 5.74) is 1.25. The summed E-state index contributed by atoms with van der Waals surface area (Å²) < 4.78 is 53.4. The monoisotopic (exact) mass is 474 g/mol. The molecule has 2 aromatic carbocycles. The molecular formula is C21H22N4O5S2. The second-order valence-corrected chi connectivity index (χ2v) is 10.7. The number of nitrogens with one attached hydrogen (secondary N) is 2. The predicted octanol–water partition coefficient (Wildman–Crippen LogP) is 2.45. The fourth-order valence-corrected chi connectivity index (χ4v) is 4.85. The molecule has 0 radical (unpaired) electrons. The van der Waals surface area contributed by atoms with Crippen molar-refractivity contribution < 1.29 is 21.6 Å². The van der Waals surface area contributed by atoms with E-state index in [0.717, 1.165) is 9.87 Å². The molecule has 0 fully saturated rings. The highest BCUT2D eigenvalue weighted by atomic mass is 32.2. The van der Waals surface area contributed by atoms with Gasteiger partial charge in [0.15, 0.2) is 0 Å². The van der Waals surface area contributed by atoms with Crippen LogP contribution in [-0.2, 0) is 24.8 Å². The number of nitrogens with zero attached hydrogens (tertiary/aromatic N) is 2. The summed E-state index contributed by atoms with van der Waals surface area (Å²) in [5, 5.41) is 2.56. The van der Waals surface area contributed by atoms with Crippen molar-refractivity contribution in [2.45, 2.75) is 16.7 Å². The lowest BCUT2D eigenvalue weighted by Crippen LogP contribution is -2.34. The molecule has 0 atom stereocenters. The maximum Gasteiger partial charge on any atom is 0.263 e. The lowest BCUT2D eigenvalue weighted by Gasteiger charge is -2.17. The van der Waals surface area contributed by atoms with Crippen LogP contribution in [0.3, 0.4) is 0 Å². The summed E-state index contributed by atoms with van der Waals surface area (Å²) in [6, 6.07) is 16.7. The van der Waals surface area contributed by atoms with Gasteiger partial charge in [-0.05, 0) is 55.5 Å². The van der Waals surface area contributed by atoms with E-state index in [1.807, 2.05) is 6.92 Å². The summed E-state index contributed by atoms with van der Waals surface area (Å²) in [6.45, 7) is 1.44. The smallest absolute Gasteiger partial charge is 0.263 e. The van der Waals surface area contributed by atoms with E-state index in [2.05, 4.69) is 15.0 Å². The van der Waals surface area contributed by atoms with E-state index in [9.17, 15) is 21.6 Å². The summed E-state index contributed by atoms with van der Waals surface area (Å²) in [4.78, 5) is 16.3. The van der Waals surface area contributed by atoms with E-state index in [4.69, 9.17) is 0 Å². The fourth-order valence-electron chi connectivity index (χ4n) is 2.72. The number of carbonyl (C=O) groups excluding carboxylic acids is 1. The van der Waals surface area contributed by atoms with Gasteiger partial charge in [-0.2, -0.15) is 4.31 Å². The third-order valence-electron chi connectivity index (χ3n) is 4.45.